The molecule has 0 unspecified atom stereocenters. The van der Waals surface area contributed by atoms with E-state index in [9.17, 15) is 4.39 Å². The summed E-state index contributed by atoms with van der Waals surface area (Å²) in [6, 6.07) is 9.28. The van der Waals surface area contributed by atoms with Crippen molar-refractivity contribution in [2.24, 2.45) is 0 Å². The zero-order chi connectivity index (χ0) is 16.4. The fourth-order valence-corrected chi connectivity index (χ4v) is 2.90. The summed E-state index contributed by atoms with van der Waals surface area (Å²) in [5.74, 6) is 1.39. The van der Waals surface area contributed by atoms with Crippen LogP contribution in [-0.4, -0.2) is 48.3 Å². The fraction of sp³-hybridized carbons (Fsp3) is 0.294. The van der Waals surface area contributed by atoms with Gasteiger partial charge in [-0.05, 0) is 30.3 Å². The highest BCUT2D eigenvalue weighted by molar-refractivity contribution is 5.94. The van der Waals surface area contributed by atoms with Crippen LogP contribution in [-0.2, 0) is 4.74 Å². The summed E-state index contributed by atoms with van der Waals surface area (Å²) in [6.45, 7) is 2.22. The molecule has 1 aliphatic heterocycles. The van der Waals surface area contributed by atoms with E-state index < -0.39 is 6.86 Å². The van der Waals surface area contributed by atoms with Crippen molar-refractivity contribution in [3.05, 3.63) is 36.5 Å². The SMILES string of the molecule is FCOc1ccc2[nH]nc(-c3ccnc(N4CCOCC4)c3)c2c1. The summed E-state index contributed by atoms with van der Waals surface area (Å²) in [7, 11) is 0. The van der Waals surface area contributed by atoms with E-state index in [2.05, 4.69) is 20.1 Å². The molecule has 0 bridgehead atoms. The van der Waals surface area contributed by atoms with Crippen molar-refractivity contribution >= 4 is 16.7 Å². The van der Waals surface area contributed by atoms with E-state index >= 15 is 0 Å². The predicted molar refractivity (Wildman–Crippen MR) is 89.0 cm³/mol. The fourth-order valence-electron chi connectivity index (χ4n) is 2.90. The first kappa shape index (κ1) is 14.9. The zero-order valence-electron chi connectivity index (χ0n) is 13.0. The Morgan fingerprint density at radius 3 is 2.92 bits per heavy atom. The lowest BCUT2D eigenvalue weighted by atomic mass is 10.1. The molecule has 7 heteroatoms. The van der Waals surface area contributed by atoms with Crippen molar-refractivity contribution in [3.8, 4) is 17.0 Å². The highest BCUT2D eigenvalue weighted by Gasteiger charge is 2.15. The van der Waals surface area contributed by atoms with Gasteiger partial charge in [-0.3, -0.25) is 5.10 Å². The molecule has 1 fully saturated rings. The van der Waals surface area contributed by atoms with Crippen LogP contribution < -0.4 is 9.64 Å². The van der Waals surface area contributed by atoms with Crippen LogP contribution in [0.4, 0.5) is 10.2 Å². The first-order chi connectivity index (χ1) is 11.8. The monoisotopic (exact) mass is 328 g/mol. The number of H-pyrrole nitrogens is 1. The number of hydrogen-bond acceptors (Lipinski definition) is 5. The van der Waals surface area contributed by atoms with E-state index in [1.54, 1.807) is 18.3 Å². The molecule has 0 aliphatic carbocycles. The molecule has 0 spiro atoms. The highest BCUT2D eigenvalue weighted by atomic mass is 19.1. The second-order valence-corrected chi connectivity index (χ2v) is 5.54. The van der Waals surface area contributed by atoms with Crippen molar-refractivity contribution in [3.63, 3.8) is 0 Å². The van der Waals surface area contributed by atoms with E-state index in [-0.39, 0.29) is 0 Å². The molecule has 0 atom stereocenters. The van der Waals surface area contributed by atoms with Gasteiger partial charge in [0.05, 0.1) is 18.7 Å². The average Bonchev–Trinajstić information content (AvgIpc) is 3.06. The Balaban J connectivity index is 1.72. The van der Waals surface area contributed by atoms with E-state index in [4.69, 9.17) is 9.47 Å². The maximum absolute atomic E-state index is 12.4. The smallest absolute Gasteiger partial charge is 0.228 e. The predicted octanol–water partition coefficient (Wildman–Crippen LogP) is 2.77. The number of benzene rings is 1. The van der Waals surface area contributed by atoms with E-state index in [0.717, 1.165) is 41.1 Å². The minimum absolute atomic E-state index is 0.482. The number of halogens is 1. The quantitative estimate of drug-likeness (QED) is 0.798. The van der Waals surface area contributed by atoms with Crippen LogP contribution in [0.5, 0.6) is 5.75 Å². The van der Waals surface area contributed by atoms with Crippen molar-refractivity contribution in [2.45, 2.75) is 0 Å². The maximum Gasteiger partial charge on any atom is 0.228 e. The van der Waals surface area contributed by atoms with Gasteiger partial charge in [-0.25, -0.2) is 9.37 Å². The molecule has 1 aliphatic rings. The van der Waals surface area contributed by atoms with Gasteiger partial charge in [0.1, 0.15) is 17.3 Å². The Kier molecular flexibility index (Phi) is 4.00. The molecule has 0 saturated carbocycles. The van der Waals surface area contributed by atoms with E-state index in [0.29, 0.717) is 19.0 Å². The maximum atomic E-state index is 12.4. The molecule has 2 aromatic heterocycles. The molecule has 6 nitrogen and oxygen atoms in total. The van der Waals surface area contributed by atoms with E-state index in [1.807, 2.05) is 18.2 Å². The number of aromatic amines is 1. The number of nitrogens with one attached hydrogen (secondary N) is 1. The van der Waals surface area contributed by atoms with Gasteiger partial charge in [0.2, 0.25) is 6.86 Å². The average molecular weight is 328 g/mol. The number of alkyl halides is 1. The first-order valence-corrected chi connectivity index (χ1v) is 7.81. The molecule has 24 heavy (non-hydrogen) atoms. The Bertz CT molecular complexity index is 845. The summed E-state index contributed by atoms with van der Waals surface area (Å²) in [5.41, 5.74) is 2.63. The topological polar surface area (TPSA) is 63.3 Å². The Morgan fingerprint density at radius 2 is 2.08 bits per heavy atom. The summed E-state index contributed by atoms with van der Waals surface area (Å²) >= 11 is 0. The summed E-state index contributed by atoms with van der Waals surface area (Å²) in [4.78, 5) is 6.65. The zero-order valence-corrected chi connectivity index (χ0v) is 13.0. The van der Waals surface area contributed by atoms with Crippen LogP contribution in [0.3, 0.4) is 0 Å². The Labute approximate surface area is 138 Å². The molecule has 124 valence electrons. The van der Waals surface area contributed by atoms with Gasteiger partial charge >= 0.3 is 0 Å². The van der Waals surface area contributed by atoms with Gasteiger partial charge in [0.15, 0.2) is 0 Å². The molecule has 0 radical (unpaired) electrons. The lowest BCUT2D eigenvalue weighted by molar-refractivity contribution is 0.122. The molecule has 1 aromatic carbocycles. The number of hydrogen-bond donors (Lipinski definition) is 1. The molecule has 1 N–H and O–H groups in total. The number of fused-ring (bicyclic) bond motifs is 1. The van der Waals surface area contributed by atoms with Crippen molar-refractivity contribution in [1.29, 1.82) is 0 Å². The van der Waals surface area contributed by atoms with Gasteiger partial charge in [-0.15, -0.1) is 0 Å². The summed E-state index contributed by atoms with van der Waals surface area (Å²) in [6.07, 6.45) is 1.78. The molecular weight excluding hydrogens is 311 g/mol. The van der Waals surface area contributed by atoms with Crippen molar-refractivity contribution in [1.82, 2.24) is 15.2 Å². The highest BCUT2D eigenvalue weighted by Crippen LogP contribution is 2.30. The van der Waals surface area contributed by atoms with Crippen molar-refractivity contribution < 1.29 is 13.9 Å². The standard InChI is InChI=1S/C17H17FN4O2/c18-11-24-13-1-2-15-14(10-13)17(21-20-15)12-3-4-19-16(9-12)22-5-7-23-8-6-22/h1-4,9-10H,5-8,11H2,(H,20,21). The molecule has 1 saturated heterocycles. The van der Waals surface area contributed by atoms with Gasteiger partial charge in [-0.1, -0.05) is 0 Å². The normalized spacial score (nSPS) is 15.0. The van der Waals surface area contributed by atoms with Crippen LogP contribution in [0.25, 0.3) is 22.2 Å². The third-order valence-corrected chi connectivity index (χ3v) is 4.11. The number of aromatic nitrogens is 3. The van der Waals surface area contributed by atoms with Gasteiger partial charge in [-0.2, -0.15) is 5.10 Å². The molecule has 3 heterocycles. The number of nitrogens with zero attached hydrogens (tertiary/aromatic N) is 3. The summed E-state index contributed by atoms with van der Waals surface area (Å²) < 4.78 is 22.8. The van der Waals surface area contributed by atoms with Crippen LogP contribution in [0.1, 0.15) is 0 Å². The first-order valence-electron chi connectivity index (χ1n) is 7.81. The minimum atomic E-state index is -0.852. The summed E-state index contributed by atoms with van der Waals surface area (Å²) in [5, 5.41) is 8.30. The molecule has 3 aromatic rings. The molecular formula is C17H17FN4O2. The number of anilines is 1. The lowest BCUT2D eigenvalue weighted by Gasteiger charge is -2.27. The van der Waals surface area contributed by atoms with Crippen LogP contribution in [0.15, 0.2) is 36.5 Å². The Hall–Kier alpha value is -2.67. The second kappa shape index (κ2) is 6.45. The molecule has 4 rings (SSSR count). The number of pyridine rings is 1. The van der Waals surface area contributed by atoms with Crippen molar-refractivity contribution in [2.75, 3.05) is 38.1 Å². The van der Waals surface area contributed by atoms with Gasteiger partial charge in [0.25, 0.3) is 0 Å². The van der Waals surface area contributed by atoms with E-state index in [1.165, 1.54) is 0 Å². The largest absolute Gasteiger partial charge is 0.463 e. The molecule has 0 amide bonds. The number of ether oxygens (including phenoxy) is 2. The van der Waals surface area contributed by atoms with Gasteiger partial charge in [0, 0.05) is 30.2 Å². The number of morpholine rings is 1. The Morgan fingerprint density at radius 1 is 1.21 bits per heavy atom. The lowest BCUT2D eigenvalue weighted by Crippen LogP contribution is -2.36. The third kappa shape index (κ3) is 2.78. The number of rotatable bonds is 4. The third-order valence-electron chi connectivity index (χ3n) is 4.11. The second-order valence-electron chi connectivity index (χ2n) is 5.54. The van der Waals surface area contributed by atoms with Crippen LogP contribution in [0, 0.1) is 0 Å². The van der Waals surface area contributed by atoms with Gasteiger partial charge < -0.3 is 14.4 Å². The van der Waals surface area contributed by atoms with Crippen LogP contribution >= 0.6 is 0 Å². The minimum Gasteiger partial charge on any atom is -0.463 e. The van der Waals surface area contributed by atoms with Crippen LogP contribution in [0.2, 0.25) is 0 Å².